The standard InChI is InChI=1S/C21H22ClN3OS/c1-14-8-9-18-19(11-14)27-21(24-18)25-10-4-6-16(13-25)20(26)23-12-15-5-2-3-7-17(15)22/h2-3,5,7-9,11,16H,4,6,10,12-13H2,1H3,(H,23,26). The number of amides is 1. The molecule has 1 aliphatic rings. The number of carbonyl (C=O) groups excluding carboxylic acids is 1. The molecule has 1 N–H and O–H groups in total. The minimum atomic E-state index is -0.0185. The minimum Gasteiger partial charge on any atom is -0.352 e. The molecule has 1 aromatic heterocycles. The Morgan fingerprint density at radius 3 is 3.04 bits per heavy atom. The zero-order valence-corrected chi connectivity index (χ0v) is 16.8. The molecule has 0 bridgehead atoms. The highest BCUT2D eigenvalue weighted by Gasteiger charge is 2.27. The van der Waals surface area contributed by atoms with Crippen molar-refractivity contribution in [2.24, 2.45) is 5.92 Å². The first-order valence-corrected chi connectivity index (χ1v) is 10.4. The quantitative estimate of drug-likeness (QED) is 0.685. The summed E-state index contributed by atoms with van der Waals surface area (Å²) in [6.07, 6.45) is 1.91. The van der Waals surface area contributed by atoms with E-state index < -0.39 is 0 Å². The molecule has 1 aliphatic heterocycles. The Bertz CT molecular complexity index is 971. The lowest BCUT2D eigenvalue weighted by Crippen LogP contribution is -2.43. The number of nitrogens with zero attached hydrogens (tertiary/aromatic N) is 2. The van der Waals surface area contributed by atoms with Crippen LogP contribution in [0.3, 0.4) is 0 Å². The topological polar surface area (TPSA) is 45.2 Å². The number of carbonyl (C=O) groups is 1. The predicted octanol–water partition coefficient (Wildman–Crippen LogP) is 4.79. The lowest BCUT2D eigenvalue weighted by molar-refractivity contribution is -0.125. The van der Waals surface area contributed by atoms with Gasteiger partial charge in [0.05, 0.1) is 16.1 Å². The zero-order valence-electron chi connectivity index (χ0n) is 15.2. The molecule has 140 valence electrons. The first-order chi connectivity index (χ1) is 13.1. The van der Waals surface area contributed by atoms with E-state index in [1.165, 1.54) is 10.3 Å². The van der Waals surface area contributed by atoms with Crippen molar-refractivity contribution >= 4 is 44.2 Å². The summed E-state index contributed by atoms with van der Waals surface area (Å²) >= 11 is 7.89. The third-order valence-corrected chi connectivity index (χ3v) is 6.45. The third-order valence-electron chi connectivity index (χ3n) is 5.01. The van der Waals surface area contributed by atoms with Crippen LogP contribution in [0.2, 0.25) is 5.02 Å². The molecule has 0 spiro atoms. The first-order valence-electron chi connectivity index (χ1n) is 9.23. The van der Waals surface area contributed by atoms with Gasteiger partial charge in [-0.2, -0.15) is 0 Å². The van der Waals surface area contributed by atoms with Gasteiger partial charge in [-0.15, -0.1) is 0 Å². The number of fused-ring (bicyclic) bond motifs is 1. The number of hydrogen-bond donors (Lipinski definition) is 1. The minimum absolute atomic E-state index is 0.0185. The van der Waals surface area contributed by atoms with E-state index in [0.717, 1.165) is 35.6 Å². The van der Waals surface area contributed by atoms with Crippen LogP contribution in [-0.2, 0) is 11.3 Å². The van der Waals surface area contributed by atoms with Crippen LogP contribution in [0, 0.1) is 12.8 Å². The van der Waals surface area contributed by atoms with E-state index in [0.29, 0.717) is 18.1 Å². The third kappa shape index (κ3) is 4.09. The van der Waals surface area contributed by atoms with Crippen molar-refractivity contribution in [3.05, 3.63) is 58.6 Å². The van der Waals surface area contributed by atoms with Gasteiger partial charge in [-0.3, -0.25) is 4.79 Å². The molecule has 27 heavy (non-hydrogen) atoms. The van der Waals surface area contributed by atoms with E-state index in [9.17, 15) is 4.79 Å². The number of anilines is 1. The molecule has 0 radical (unpaired) electrons. The van der Waals surface area contributed by atoms with Crippen LogP contribution in [0.5, 0.6) is 0 Å². The number of nitrogens with one attached hydrogen (secondary N) is 1. The van der Waals surface area contributed by atoms with Gasteiger partial charge in [-0.1, -0.05) is 47.2 Å². The maximum Gasteiger partial charge on any atom is 0.225 e. The number of benzene rings is 2. The average molecular weight is 400 g/mol. The molecule has 4 nitrogen and oxygen atoms in total. The number of aryl methyl sites for hydroxylation is 1. The molecule has 1 saturated heterocycles. The van der Waals surface area contributed by atoms with Gasteiger partial charge in [0, 0.05) is 24.7 Å². The van der Waals surface area contributed by atoms with Crippen molar-refractivity contribution in [3.63, 3.8) is 0 Å². The van der Waals surface area contributed by atoms with Crippen molar-refractivity contribution in [1.29, 1.82) is 0 Å². The summed E-state index contributed by atoms with van der Waals surface area (Å²) in [5, 5.41) is 4.75. The van der Waals surface area contributed by atoms with E-state index in [4.69, 9.17) is 16.6 Å². The maximum atomic E-state index is 12.7. The lowest BCUT2D eigenvalue weighted by atomic mass is 9.97. The Labute approximate surface area is 168 Å². The Kier molecular flexibility index (Phi) is 5.32. The summed E-state index contributed by atoms with van der Waals surface area (Å²) in [5.41, 5.74) is 3.22. The van der Waals surface area contributed by atoms with Gasteiger partial charge in [0.1, 0.15) is 0 Å². The fraction of sp³-hybridized carbons (Fsp3) is 0.333. The van der Waals surface area contributed by atoms with E-state index in [1.54, 1.807) is 11.3 Å². The SMILES string of the molecule is Cc1ccc2nc(N3CCCC(C(=O)NCc4ccccc4Cl)C3)sc2c1. The summed E-state index contributed by atoms with van der Waals surface area (Å²) in [5.74, 6) is 0.0755. The molecular formula is C21H22ClN3OS. The predicted molar refractivity (Wildman–Crippen MR) is 113 cm³/mol. The largest absolute Gasteiger partial charge is 0.352 e. The van der Waals surface area contributed by atoms with Crippen molar-refractivity contribution in [3.8, 4) is 0 Å². The van der Waals surface area contributed by atoms with Gasteiger partial charge >= 0.3 is 0 Å². The second-order valence-electron chi connectivity index (χ2n) is 7.06. The van der Waals surface area contributed by atoms with Crippen LogP contribution in [0.25, 0.3) is 10.2 Å². The Balaban J connectivity index is 1.42. The van der Waals surface area contributed by atoms with Gasteiger partial charge in [0.15, 0.2) is 5.13 Å². The normalized spacial score (nSPS) is 17.3. The molecule has 2 aromatic carbocycles. The second kappa shape index (κ2) is 7.87. The fourth-order valence-electron chi connectivity index (χ4n) is 3.49. The first kappa shape index (κ1) is 18.3. The number of piperidine rings is 1. The van der Waals surface area contributed by atoms with E-state index in [-0.39, 0.29) is 11.8 Å². The fourth-order valence-corrected chi connectivity index (χ4v) is 4.79. The second-order valence-corrected chi connectivity index (χ2v) is 8.48. The zero-order chi connectivity index (χ0) is 18.8. The smallest absolute Gasteiger partial charge is 0.225 e. The van der Waals surface area contributed by atoms with Gasteiger partial charge in [0.25, 0.3) is 0 Å². The van der Waals surface area contributed by atoms with Crippen molar-refractivity contribution in [2.75, 3.05) is 18.0 Å². The molecular weight excluding hydrogens is 378 g/mol. The van der Waals surface area contributed by atoms with Gasteiger partial charge in [0.2, 0.25) is 5.91 Å². The lowest BCUT2D eigenvalue weighted by Gasteiger charge is -2.31. The van der Waals surface area contributed by atoms with E-state index >= 15 is 0 Å². The summed E-state index contributed by atoms with van der Waals surface area (Å²) in [6, 6.07) is 14.0. The van der Waals surface area contributed by atoms with Crippen LogP contribution in [0.4, 0.5) is 5.13 Å². The van der Waals surface area contributed by atoms with Crippen molar-refractivity contribution < 1.29 is 4.79 Å². The van der Waals surface area contributed by atoms with E-state index in [1.807, 2.05) is 24.3 Å². The average Bonchev–Trinajstić information content (AvgIpc) is 3.10. The maximum absolute atomic E-state index is 12.7. The highest BCUT2D eigenvalue weighted by Crippen LogP contribution is 2.32. The molecule has 1 unspecified atom stereocenters. The van der Waals surface area contributed by atoms with Gasteiger partial charge in [-0.25, -0.2) is 4.98 Å². The number of thiazole rings is 1. The summed E-state index contributed by atoms with van der Waals surface area (Å²) in [7, 11) is 0. The molecule has 3 aromatic rings. The van der Waals surface area contributed by atoms with Gasteiger partial charge in [-0.05, 0) is 49.1 Å². The molecule has 1 amide bonds. The Hall–Kier alpha value is -2.11. The molecule has 4 rings (SSSR count). The molecule has 1 fully saturated rings. The van der Waals surface area contributed by atoms with Crippen molar-refractivity contribution in [1.82, 2.24) is 10.3 Å². The molecule has 0 aliphatic carbocycles. The van der Waals surface area contributed by atoms with Crippen LogP contribution in [0.1, 0.15) is 24.0 Å². The Morgan fingerprint density at radius 2 is 2.19 bits per heavy atom. The van der Waals surface area contributed by atoms with Gasteiger partial charge < -0.3 is 10.2 Å². The van der Waals surface area contributed by atoms with E-state index in [2.05, 4.69) is 35.3 Å². The highest BCUT2D eigenvalue weighted by atomic mass is 35.5. The number of rotatable bonds is 4. The van der Waals surface area contributed by atoms with Crippen LogP contribution in [0.15, 0.2) is 42.5 Å². The number of aromatic nitrogens is 1. The number of halogens is 1. The van der Waals surface area contributed by atoms with Crippen LogP contribution >= 0.6 is 22.9 Å². The number of hydrogen-bond acceptors (Lipinski definition) is 4. The Morgan fingerprint density at radius 1 is 1.33 bits per heavy atom. The summed E-state index contributed by atoms with van der Waals surface area (Å²) in [6.45, 7) is 4.23. The summed E-state index contributed by atoms with van der Waals surface area (Å²) in [4.78, 5) is 19.7. The molecule has 2 heterocycles. The molecule has 6 heteroatoms. The van der Waals surface area contributed by atoms with Crippen molar-refractivity contribution in [2.45, 2.75) is 26.3 Å². The van der Waals surface area contributed by atoms with Crippen LogP contribution in [-0.4, -0.2) is 24.0 Å². The summed E-state index contributed by atoms with van der Waals surface area (Å²) < 4.78 is 1.20. The molecule has 0 saturated carbocycles. The monoisotopic (exact) mass is 399 g/mol. The highest BCUT2D eigenvalue weighted by molar-refractivity contribution is 7.22. The molecule has 1 atom stereocenters. The van der Waals surface area contributed by atoms with Crippen LogP contribution < -0.4 is 10.2 Å².